The molecule has 0 radical (unpaired) electrons. The number of aryl methyl sites for hydroxylation is 1. The van der Waals surface area contributed by atoms with Crippen LogP contribution in [0.1, 0.15) is 24.5 Å². The van der Waals surface area contributed by atoms with Gasteiger partial charge in [-0.2, -0.15) is 0 Å². The fraction of sp³-hybridized carbons (Fsp3) is 0.389. The third-order valence-electron chi connectivity index (χ3n) is 4.28. The summed E-state index contributed by atoms with van der Waals surface area (Å²) in [7, 11) is 0. The van der Waals surface area contributed by atoms with Gasteiger partial charge in [-0.05, 0) is 37.5 Å². The Bertz CT molecular complexity index is 582. The number of hydrogen-bond donors (Lipinski definition) is 1. The van der Waals surface area contributed by atoms with Gasteiger partial charge in [0.05, 0.1) is 0 Å². The molecule has 2 heterocycles. The highest BCUT2D eigenvalue weighted by molar-refractivity contribution is 5.43. The molecule has 2 atom stereocenters. The van der Waals surface area contributed by atoms with Crippen LogP contribution in [0.4, 0.5) is 5.82 Å². The molecule has 110 valence electrons. The van der Waals surface area contributed by atoms with Crippen LogP contribution in [-0.2, 0) is 6.54 Å². The SMILES string of the molecule is Cc1cccnc1NC1CC(C)N(Cc2ccccc2)C1. The van der Waals surface area contributed by atoms with E-state index in [-0.39, 0.29) is 0 Å². The molecule has 3 heteroatoms. The van der Waals surface area contributed by atoms with Crippen LogP contribution in [0.2, 0.25) is 0 Å². The minimum absolute atomic E-state index is 0.484. The van der Waals surface area contributed by atoms with Crippen molar-refractivity contribution in [3.05, 3.63) is 59.8 Å². The lowest BCUT2D eigenvalue weighted by Crippen LogP contribution is -2.28. The molecule has 3 rings (SSSR count). The Morgan fingerprint density at radius 2 is 2.00 bits per heavy atom. The predicted molar refractivity (Wildman–Crippen MR) is 87.3 cm³/mol. The van der Waals surface area contributed by atoms with E-state index in [1.54, 1.807) is 0 Å². The highest BCUT2D eigenvalue weighted by Crippen LogP contribution is 2.23. The summed E-state index contributed by atoms with van der Waals surface area (Å²) in [5.41, 5.74) is 2.60. The Labute approximate surface area is 127 Å². The summed E-state index contributed by atoms with van der Waals surface area (Å²) in [6, 6.07) is 15.9. The number of aromatic nitrogens is 1. The number of hydrogen-bond acceptors (Lipinski definition) is 3. The maximum absolute atomic E-state index is 4.45. The Morgan fingerprint density at radius 1 is 1.19 bits per heavy atom. The summed E-state index contributed by atoms with van der Waals surface area (Å²) in [4.78, 5) is 6.99. The molecule has 0 amide bonds. The van der Waals surface area contributed by atoms with Gasteiger partial charge in [0.1, 0.15) is 5.82 Å². The average molecular weight is 281 g/mol. The topological polar surface area (TPSA) is 28.2 Å². The molecule has 2 aromatic rings. The fourth-order valence-electron chi connectivity index (χ4n) is 3.07. The second-order valence-electron chi connectivity index (χ2n) is 6.01. The number of nitrogens with zero attached hydrogens (tertiary/aromatic N) is 2. The van der Waals surface area contributed by atoms with E-state index in [2.05, 4.69) is 65.4 Å². The maximum atomic E-state index is 4.45. The summed E-state index contributed by atoms with van der Waals surface area (Å²) in [5, 5.41) is 3.60. The van der Waals surface area contributed by atoms with Gasteiger partial charge in [-0.25, -0.2) is 4.98 Å². The first kappa shape index (κ1) is 14.1. The van der Waals surface area contributed by atoms with E-state index in [4.69, 9.17) is 0 Å². The molecule has 1 fully saturated rings. The van der Waals surface area contributed by atoms with E-state index in [0.29, 0.717) is 12.1 Å². The molecule has 0 saturated carbocycles. The van der Waals surface area contributed by atoms with Gasteiger partial charge in [0, 0.05) is 31.4 Å². The zero-order valence-electron chi connectivity index (χ0n) is 12.8. The van der Waals surface area contributed by atoms with Crippen LogP contribution in [0.3, 0.4) is 0 Å². The Morgan fingerprint density at radius 3 is 2.76 bits per heavy atom. The molecule has 21 heavy (non-hydrogen) atoms. The average Bonchev–Trinajstić information content (AvgIpc) is 2.82. The highest BCUT2D eigenvalue weighted by Gasteiger charge is 2.29. The van der Waals surface area contributed by atoms with Gasteiger partial charge in [0.15, 0.2) is 0 Å². The second-order valence-corrected chi connectivity index (χ2v) is 6.01. The van der Waals surface area contributed by atoms with Crippen LogP contribution < -0.4 is 5.32 Å². The van der Waals surface area contributed by atoms with Crippen molar-refractivity contribution in [2.75, 3.05) is 11.9 Å². The largest absolute Gasteiger partial charge is 0.366 e. The van der Waals surface area contributed by atoms with E-state index >= 15 is 0 Å². The zero-order valence-corrected chi connectivity index (χ0v) is 12.8. The summed E-state index contributed by atoms with van der Waals surface area (Å²) in [6.07, 6.45) is 3.03. The molecule has 1 N–H and O–H groups in total. The number of rotatable bonds is 4. The predicted octanol–water partition coefficient (Wildman–Crippen LogP) is 3.46. The normalized spacial score (nSPS) is 22.4. The highest BCUT2D eigenvalue weighted by atomic mass is 15.2. The van der Waals surface area contributed by atoms with Crippen molar-refractivity contribution in [3.8, 4) is 0 Å². The summed E-state index contributed by atoms with van der Waals surface area (Å²) >= 11 is 0. The van der Waals surface area contributed by atoms with Crippen LogP contribution in [0.25, 0.3) is 0 Å². The molecule has 1 aliphatic rings. The Kier molecular flexibility index (Phi) is 4.20. The molecule has 1 aromatic carbocycles. The van der Waals surface area contributed by atoms with Crippen molar-refractivity contribution in [2.24, 2.45) is 0 Å². The van der Waals surface area contributed by atoms with Crippen LogP contribution >= 0.6 is 0 Å². The third-order valence-corrected chi connectivity index (χ3v) is 4.28. The van der Waals surface area contributed by atoms with Crippen molar-refractivity contribution >= 4 is 5.82 Å². The summed E-state index contributed by atoms with van der Waals surface area (Å²) < 4.78 is 0. The van der Waals surface area contributed by atoms with Crippen molar-refractivity contribution < 1.29 is 0 Å². The molecular formula is C18H23N3. The molecule has 0 aliphatic carbocycles. The quantitative estimate of drug-likeness (QED) is 0.930. The second kappa shape index (κ2) is 6.27. The van der Waals surface area contributed by atoms with Gasteiger partial charge in [-0.15, -0.1) is 0 Å². The molecule has 0 spiro atoms. The van der Waals surface area contributed by atoms with E-state index in [9.17, 15) is 0 Å². The summed E-state index contributed by atoms with van der Waals surface area (Å²) in [6.45, 7) is 6.53. The minimum Gasteiger partial charge on any atom is -0.366 e. The van der Waals surface area contributed by atoms with Gasteiger partial charge >= 0.3 is 0 Å². The Hall–Kier alpha value is -1.87. The lowest BCUT2D eigenvalue weighted by Gasteiger charge is -2.21. The number of likely N-dealkylation sites (tertiary alicyclic amines) is 1. The van der Waals surface area contributed by atoms with Crippen LogP contribution in [0.15, 0.2) is 48.7 Å². The van der Waals surface area contributed by atoms with Crippen molar-refractivity contribution in [3.63, 3.8) is 0 Å². The van der Waals surface area contributed by atoms with Crippen LogP contribution in [0.5, 0.6) is 0 Å². The lowest BCUT2D eigenvalue weighted by molar-refractivity contribution is 0.259. The van der Waals surface area contributed by atoms with E-state index in [1.165, 1.54) is 17.5 Å². The number of benzene rings is 1. The minimum atomic E-state index is 0.484. The molecular weight excluding hydrogens is 258 g/mol. The number of pyridine rings is 1. The first-order valence-electron chi connectivity index (χ1n) is 7.68. The first-order valence-corrected chi connectivity index (χ1v) is 7.68. The van der Waals surface area contributed by atoms with Crippen LogP contribution in [-0.4, -0.2) is 28.5 Å². The summed E-state index contributed by atoms with van der Waals surface area (Å²) in [5.74, 6) is 1.02. The van der Waals surface area contributed by atoms with Gasteiger partial charge < -0.3 is 5.32 Å². The monoisotopic (exact) mass is 281 g/mol. The molecule has 1 aromatic heterocycles. The molecule has 3 nitrogen and oxygen atoms in total. The van der Waals surface area contributed by atoms with E-state index in [0.717, 1.165) is 18.9 Å². The lowest BCUT2D eigenvalue weighted by atomic mass is 10.2. The van der Waals surface area contributed by atoms with Gasteiger partial charge in [-0.1, -0.05) is 36.4 Å². The smallest absolute Gasteiger partial charge is 0.129 e. The maximum Gasteiger partial charge on any atom is 0.129 e. The fourth-order valence-corrected chi connectivity index (χ4v) is 3.07. The van der Waals surface area contributed by atoms with Crippen molar-refractivity contribution in [1.82, 2.24) is 9.88 Å². The van der Waals surface area contributed by atoms with E-state index in [1.807, 2.05) is 12.3 Å². The van der Waals surface area contributed by atoms with Crippen molar-refractivity contribution in [2.45, 2.75) is 38.9 Å². The van der Waals surface area contributed by atoms with E-state index < -0.39 is 0 Å². The van der Waals surface area contributed by atoms with Crippen LogP contribution in [0, 0.1) is 6.92 Å². The zero-order chi connectivity index (χ0) is 14.7. The van der Waals surface area contributed by atoms with Crippen molar-refractivity contribution in [1.29, 1.82) is 0 Å². The van der Waals surface area contributed by atoms with Gasteiger partial charge in [-0.3, -0.25) is 4.90 Å². The Balaban J connectivity index is 1.62. The standard InChI is InChI=1S/C18H23N3/c1-14-7-6-10-19-18(14)20-17-11-15(2)21(13-17)12-16-8-4-3-5-9-16/h3-10,15,17H,11-13H2,1-2H3,(H,19,20). The molecule has 2 unspecified atom stereocenters. The molecule has 1 aliphatic heterocycles. The molecule has 0 bridgehead atoms. The molecule has 1 saturated heterocycles. The van der Waals surface area contributed by atoms with Gasteiger partial charge in [0.25, 0.3) is 0 Å². The van der Waals surface area contributed by atoms with Gasteiger partial charge in [0.2, 0.25) is 0 Å². The first-order chi connectivity index (χ1) is 10.2. The third kappa shape index (κ3) is 3.42. The number of nitrogens with one attached hydrogen (secondary N) is 1. The number of anilines is 1.